The summed E-state index contributed by atoms with van der Waals surface area (Å²) in [7, 11) is 0. The number of nitrogens with two attached hydrogens (primary N) is 1. The first-order valence-electron chi connectivity index (χ1n) is 24.6. The molecule has 0 aromatic heterocycles. The van der Waals surface area contributed by atoms with Gasteiger partial charge in [-0.05, 0) is 69.2 Å². The zero-order valence-electron chi connectivity index (χ0n) is 41.3. The molecule has 0 aliphatic carbocycles. The van der Waals surface area contributed by atoms with Crippen LogP contribution in [0.25, 0.3) is 0 Å². The Balaban J connectivity index is 1.03. The van der Waals surface area contributed by atoms with Crippen LogP contribution in [0, 0.1) is 0 Å². The zero-order chi connectivity index (χ0) is 52.1. The van der Waals surface area contributed by atoms with E-state index in [1.54, 1.807) is 24.3 Å². The predicted octanol–water partition coefficient (Wildman–Crippen LogP) is 4.22. The van der Waals surface area contributed by atoms with Crippen LogP contribution in [0.3, 0.4) is 0 Å². The summed E-state index contributed by atoms with van der Waals surface area (Å²) in [5.74, 6) is -3.10. The summed E-state index contributed by atoms with van der Waals surface area (Å²) >= 11 is 0. The van der Waals surface area contributed by atoms with Crippen LogP contribution in [0.4, 0.5) is 4.79 Å². The van der Waals surface area contributed by atoms with E-state index in [1.165, 1.54) is 20.8 Å². The van der Waals surface area contributed by atoms with E-state index in [9.17, 15) is 33.6 Å². The Morgan fingerprint density at radius 2 is 1.36 bits per heavy atom. The molecule has 10 atom stereocenters. The van der Waals surface area contributed by atoms with Crippen molar-refractivity contribution in [3.05, 3.63) is 138 Å². The van der Waals surface area contributed by atoms with Crippen LogP contribution >= 0.6 is 0 Å². The van der Waals surface area contributed by atoms with Crippen molar-refractivity contribution in [2.75, 3.05) is 13.2 Å². The first-order valence-corrected chi connectivity index (χ1v) is 24.6. The molecule has 2 fully saturated rings. The maximum Gasteiger partial charge on any atom is 0.407 e. The number of ether oxygens (including phenoxy) is 6. The number of Topliss-reactive ketones (excluding diaryl/α,β-unsaturated/α-hetero) is 1. The van der Waals surface area contributed by atoms with Gasteiger partial charge in [0, 0.05) is 31.9 Å². The number of hydrogen-bond acceptors (Lipinski definition) is 13. The van der Waals surface area contributed by atoms with Gasteiger partial charge in [0.05, 0.1) is 12.6 Å². The zero-order valence-corrected chi connectivity index (χ0v) is 41.3. The second-order valence-corrected chi connectivity index (χ2v) is 17.9. The lowest BCUT2D eigenvalue weighted by Gasteiger charge is -2.49. The summed E-state index contributed by atoms with van der Waals surface area (Å²) in [5.41, 5.74) is 8.22. The second kappa shape index (κ2) is 28.2. The second-order valence-electron chi connectivity index (χ2n) is 17.9. The predicted molar refractivity (Wildman–Crippen MR) is 266 cm³/mol. The first kappa shape index (κ1) is 55.1. The summed E-state index contributed by atoms with van der Waals surface area (Å²) in [6.45, 7) is 4.68. The maximum atomic E-state index is 13.8. The fourth-order valence-electron chi connectivity index (χ4n) is 8.29. The topological polar surface area (TPSA) is 261 Å². The van der Waals surface area contributed by atoms with Gasteiger partial charge < -0.3 is 60.7 Å². The molecule has 0 spiro atoms. The summed E-state index contributed by atoms with van der Waals surface area (Å²) in [6.07, 6.45) is -4.97. The number of rotatable bonds is 26. The molecule has 6 amide bonds. The minimum Gasteiger partial charge on any atom is -0.463 e. The molecule has 6 unspecified atom stereocenters. The number of nitrogens with one attached hydrogen (secondary N) is 5. The molecule has 73 heavy (non-hydrogen) atoms. The van der Waals surface area contributed by atoms with Gasteiger partial charge in [0.25, 0.3) is 0 Å². The van der Waals surface area contributed by atoms with Crippen molar-refractivity contribution in [3.63, 3.8) is 0 Å². The van der Waals surface area contributed by atoms with Gasteiger partial charge in [-0.3, -0.25) is 28.8 Å². The van der Waals surface area contributed by atoms with E-state index in [2.05, 4.69) is 26.6 Å². The monoisotopic (exact) mass is 1010 g/mol. The third-order valence-electron chi connectivity index (χ3n) is 12.2. The van der Waals surface area contributed by atoms with E-state index < -0.39 is 96.8 Å². The Labute approximate surface area is 424 Å². The number of ketones is 1. The summed E-state index contributed by atoms with van der Waals surface area (Å²) in [4.78, 5) is 91.7. The van der Waals surface area contributed by atoms with Crippen molar-refractivity contribution < 1.29 is 62.0 Å². The van der Waals surface area contributed by atoms with Crippen LogP contribution in [0.5, 0.6) is 5.75 Å². The Hall–Kier alpha value is -7.19. The lowest BCUT2D eigenvalue weighted by Crippen LogP contribution is -2.68. The van der Waals surface area contributed by atoms with Gasteiger partial charge in [-0.2, -0.15) is 0 Å². The van der Waals surface area contributed by atoms with E-state index in [0.29, 0.717) is 31.6 Å². The number of alkyl carbamates (subject to hydrolysis) is 1. The van der Waals surface area contributed by atoms with E-state index in [4.69, 9.17) is 34.2 Å². The molecule has 0 bridgehead atoms. The average Bonchev–Trinajstić information content (AvgIpc) is 3.39. The van der Waals surface area contributed by atoms with E-state index in [-0.39, 0.29) is 44.7 Å². The molecule has 2 saturated heterocycles. The van der Waals surface area contributed by atoms with Crippen LogP contribution in [-0.4, -0.2) is 109 Å². The third-order valence-corrected chi connectivity index (χ3v) is 12.2. The maximum absolute atomic E-state index is 13.8. The summed E-state index contributed by atoms with van der Waals surface area (Å²) in [6, 6.07) is 32.4. The number of fused-ring (bicyclic) bond motifs is 1. The van der Waals surface area contributed by atoms with E-state index in [0.717, 1.165) is 16.7 Å². The highest BCUT2D eigenvalue weighted by atomic mass is 16.8. The number of aryl methyl sites for hydroxylation is 1. The molecule has 2 aliphatic rings. The fraction of sp³-hybridized carbons (Fsp3) is 0.426. The van der Waals surface area contributed by atoms with E-state index in [1.807, 2.05) is 97.1 Å². The molecule has 6 rings (SSSR count). The van der Waals surface area contributed by atoms with Crippen molar-refractivity contribution in [3.8, 4) is 5.75 Å². The number of amides is 6. The smallest absolute Gasteiger partial charge is 0.407 e. The van der Waals surface area contributed by atoms with Gasteiger partial charge in [0.15, 0.2) is 12.1 Å². The molecular weight excluding hydrogens is 941 g/mol. The molecule has 2 heterocycles. The van der Waals surface area contributed by atoms with Crippen LogP contribution < -0.4 is 37.1 Å². The molecule has 7 N–H and O–H groups in total. The van der Waals surface area contributed by atoms with Crippen molar-refractivity contribution in [2.45, 2.75) is 133 Å². The van der Waals surface area contributed by atoms with Crippen LogP contribution in [0.1, 0.15) is 82.3 Å². The molecule has 19 heteroatoms. The number of primary amides is 1. The van der Waals surface area contributed by atoms with Gasteiger partial charge >= 0.3 is 6.09 Å². The molecule has 390 valence electrons. The molecule has 4 aromatic carbocycles. The van der Waals surface area contributed by atoms with Crippen molar-refractivity contribution in [1.29, 1.82) is 0 Å². The molecule has 19 nitrogen and oxygen atoms in total. The Morgan fingerprint density at radius 3 is 2.01 bits per heavy atom. The van der Waals surface area contributed by atoms with Crippen LogP contribution in [0.15, 0.2) is 121 Å². The van der Waals surface area contributed by atoms with Gasteiger partial charge in [-0.25, -0.2) is 4.79 Å². The Morgan fingerprint density at radius 1 is 0.712 bits per heavy atom. The summed E-state index contributed by atoms with van der Waals surface area (Å²) < 4.78 is 36.7. The average molecular weight is 1010 g/mol. The van der Waals surface area contributed by atoms with Crippen molar-refractivity contribution in [2.24, 2.45) is 5.73 Å². The van der Waals surface area contributed by atoms with Gasteiger partial charge in [0.1, 0.15) is 54.9 Å². The molecule has 2 aliphatic heterocycles. The lowest BCUT2D eigenvalue weighted by molar-refractivity contribution is -0.340. The molecule has 0 saturated carbocycles. The third kappa shape index (κ3) is 17.5. The SMILES string of the molecule is CC(=O)NC1C(Oc2ccccc2)OC2COC(c3ccccc3)OC2C1O[C@H](C)C(=O)N[C@@H](C)C(=O)N[C@H](CCC(=O)N[C@@H](CCCCNC(=O)OCc1ccccc1)C(=O)CCc1ccccc1)C(N)=O. The van der Waals surface area contributed by atoms with Crippen LogP contribution in [-0.2, 0) is 65.5 Å². The number of para-hydroxylation sites is 1. The highest BCUT2D eigenvalue weighted by Crippen LogP contribution is 2.36. The fourth-order valence-corrected chi connectivity index (χ4v) is 8.29. The number of carbonyl (C=O) groups is 7. The Bertz CT molecular complexity index is 2420. The quantitative estimate of drug-likeness (QED) is 0.0482. The first-order chi connectivity index (χ1) is 35.2. The largest absolute Gasteiger partial charge is 0.463 e. The number of unbranched alkanes of at least 4 members (excludes halogenated alkanes) is 1. The minimum atomic E-state index is -1.31. The number of benzene rings is 4. The molecule has 0 radical (unpaired) electrons. The normalized spacial score (nSPS) is 20.8. The Kier molecular flexibility index (Phi) is 21.3. The standard InChI is InChI=1S/C54H66N6O13/c1-34(57-51(66)35(2)70-48-46(58-36(3)61)53(71-40-24-14-7-15-25-40)72-44-33-68-52(73-47(44)48)39-22-12-6-13-23-39)50(65)60-42(49(55)64)28-30-45(63)59-41(43(62)29-27-37-18-8-4-9-19-37)26-16-17-31-56-54(67)69-32-38-20-10-5-11-21-38/h4-15,18-25,34-35,41-42,44,46-48,52-53H,16-17,26-33H2,1-3H3,(H2,55,64)(H,56,67)(H,57,66)(H,58,61)(H,59,63)(H,60,65)/t34-,35+,41-,42+,44?,46?,47?,48?,52?,53?/m0/s1. The lowest BCUT2D eigenvalue weighted by atomic mass is 9.95. The van der Waals surface area contributed by atoms with Gasteiger partial charge in [-0.15, -0.1) is 0 Å². The number of hydrogen-bond donors (Lipinski definition) is 6. The van der Waals surface area contributed by atoms with E-state index >= 15 is 0 Å². The highest BCUT2D eigenvalue weighted by molar-refractivity contribution is 5.93. The molecular formula is C54H66N6O13. The summed E-state index contributed by atoms with van der Waals surface area (Å²) in [5, 5.41) is 13.5. The van der Waals surface area contributed by atoms with Crippen molar-refractivity contribution in [1.82, 2.24) is 26.6 Å². The van der Waals surface area contributed by atoms with Gasteiger partial charge in [-0.1, -0.05) is 109 Å². The minimum absolute atomic E-state index is 0.0639. The molecule has 4 aromatic rings. The highest BCUT2D eigenvalue weighted by Gasteiger charge is 2.53. The van der Waals surface area contributed by atoms with Crippen LogP contribution in [0.2, 0.25) is 0 Å². The van der Waals surface area contributed by atoms with Crippen molar-refractivity contribution >= 4 is 41.4 Å². The number of carbonyl (C=O) groups excluding carboxylic acids is 7. The van der Waals surface area contributed by atoms with Gasteiger partial charge in [0.2, 0.25) is 35.8 Å².